The molecule has 1 aromatic heterocycles. The molecule has 1 heterocycles. The maximum Gasteiger partial charge on any atom is 0.148 e. The molecule has 0 spiro atoms. The molecule has 4 nitrogen and oxygen atoms in total. The third-order valence-corrected chi connectivity index (χ3v) is 3.25. The second kappa shape index (κ2) is 5.99. The first kappa shape index (κ1) is 14.4. The number of ether oxygens (including phenoxy) is 2. The molecule has 0 fully saturated rings. The Morgan fingerprint density at radius 3 is 2.45 bits per heavy atom. The Labute approximate surface area is 120 Å². The number of pyridine rings is 1. The van der Waals surface area contributed by atoms with Crippen molar-refractivity contribution in [3.63, 3.8) is 0 Å². The van der Waals surface area contributed by atoms with Crippen LogP contribution in [-0.4, -0.2) is 26.3 Å². The van der Waals surface area contributed by atoms with Gasteiger partial charge in [0.25, 0.3) is 0 Å². The minimum absolute atomic E-state index is 0.564. The van der Waals surface area contributed by atoms with Crippen LogP contribution < -0.4 is 14.8 Å². The maximum atomic E-state index is 5.46. The molecule has 1 aromatic carbocycles. The van der Waals surface area contributed by atoms with Crippen molar-refractivity contribution in [1.29, 1.82) is 0 Å². The van der Waals surface area contributed by atoms with Crippen molar-refractivity contribution >= 4 is 16.6 Å². The van der Waals surface area contributed by atoms with Crippen molar-refractivity contribution < 1.29 is 9.47 Å². The van der Waals surface area contributed by atoms with Gasteiger partial charge in [-0.15, -0.1) is 0 Å². The smallest absolute Gasteiger partial charge is 0.148 e. The Balaban J connectivity index is 2.69. The van der Waals surface area contributed by atoms with Crippen molar-refractivity contribution in [2.24, 2.45) is 5.92 Å². The molecule has 0 radical (unpaired) electrons. The maximum absolute atomic E-state index is 5.46. The highest BCUT2D eigenvalue weighted by atomic mass is 16.5. The topological polar surface area (TPSA) is 43.4 Å². The lowest BCUT2D eigenvalue weighted by Crippen LogP contribution is -2.02. The molecule has 1 N–H and O–H groups in total. The molecule has 2 aromatic rings. The third-order valence-electron chi connectivity index (χ3n) is 3.25. The number of nitrogens with one attached hydrogen (secondary N) is 1. The molecular formula is C16H22N2O2. The molecule has 0 saturated heterocycles. The van der Waals surface area contributed by atoms with Gasteiger partial charge in [0.1, 0.15) is 17.0 Å². The SMILES string of the molecule is CNc1cc(CC(C)C)nc2c(OC)cc(OC)cc12. The van der Waals surface area contributed by atoms with Crippen molar-refractivity contribution in [1.82, 2.24) is 4.98 Å². The van der Waals surface area contributed by atoms with E-state index in [2.05, 4.69) is 25.2 Å². The van der Waals surface area contributed by atoms with Gasteiger partial charge in [-0.2, -0.15) is 0 Å². The van der Waals surface area contributed by atoms with Crippen LogP contribution in [0.15, 0.2) is 18.2 Å². The molecule has 0 atom stereocenters. The Morgan fingerprint density at radius 2 is 1.90 bits per heavy atom. The zero-order valence-electron chi connectivity index (χ0n) is 12.8. The lowest BCUT2D eigenvalue weighted by molar-refractivity contribution is 0.397. The number of rotatable bonds is 5. The van der Waals surface area contributed by atoms with E-state index in [1.165, 1.54) is 0 Å². The fourth-order valence-electron chi connectivity index (χ4n) is 2.33. The summed E-state index contributed by atoms with van der Waals surface area (Å²) in [6, 6.07) is 5.95. The predicted molar refractivity (Wildman–Crippen MR) is 82.9 cm³/mol. The quantitative estimate of drug-likeness (QED) is 0.906. The molecule has 0 unspecified atom stereocenters. The summed E-state index contributed by atoms with van der Waals surface area (Å²) in [5, 5.41) is 4.25. The highest BCUT2D eigenvalue weighted by Crippen LogP contribution is 2.34. The van der Waals surface area contributed by atoms with Crippen molar-refractivity contribution in [3.8, 4) is 11.5 Å². The Kier molecular flexibility index (Phi) is 4.32. The lowest BCUT2D eigenvalue weighted by atomic mass is 10.0. The van der Waals surface area contributed by atoms with Gasteiger partial charge in [0.2, 0.25) is 0 Å². The van der Waals surface area contributed by atoms with E-state index in [1.54, 1.807) is 14.2 Å². The van der Waals surface area contributed by atoms with Gasteiger partial charge in [-0.1, -0.05) is 13.8 Å². The molecule has 0 amide bonds. The predicted octanol–water partition coefficient (Wildman–Crippen LogP) is 3.49. The molecule has 0 aliphatic heterocycles. The molecule has 0 bridgehead atoms. The van der Waals surface area contributed by atoms with Gasteiger partial charge in [-0.25, -0.2) is 4.98 Å². The van der Waals surface area contributed by atoms with E-state index >= 15 is 0 Å². The molecular weight excluding hydrogens is 252 g/mol. The Morgan fingerprint density at radius 1 is 1.15 bits per heavy atom. The van der Waals surface area contributed by atoms with Crippen LogP contribution in [0, 0.1) is 5.92 Å². The first-order valence-corrected chi connectivity index (χ1v) is 6.82. The monoisotopic (exact) mass is 274 g/mol. The van der Waals surface area contributed by atoms with E-state index in [-0.39, 0.29) is 0 Å². The van der Waals surface area contributed by atoms with E-state index in [4.69, 9.17) is 14.5 Å². The van der Waals surface area contributed by atoms with Crippen LogP contribution in [-0.2, 0) is 6.42 Å². The Bertz CT molecular complexity index is 609. The minimum atomic E-state index is 0.564. The van der Waals surface area contributed by atoms with E-state index in [0.717, 1.165) is 40.2 Å². The van der Waals surface area contributed by atoms with Crippen LogP contribution in [0.1, 0.15) is 19.5 Å². The normalized spacial score (nSPS) is 10.9. The van der Waals surface area contributed by atoms with Gasteiger partial charge >= 0.3 is 0 Å². The summed E-state index contributed by atoms with van der Waals surface area (Å²) in [4.78, 5) is 4.75. The average molecular weight is 274 g/mol. The summed E-state index contributed by atoms with van der Waals surface area (Å²) in [5.74, 6) is 2.07. The van der Waals surface area contributed by atoms with Gasteiger partial charge in [0.05, 0.1) is 14.2 Å². The van der Waals surface area contributed by atoms with Crippen LogP contribution in [0.3, 0.4) is 0 Å². The molecule has 108 valence electrons. The summed E-state index contributed by atoms with van der Waals surface area (Å²) >= 11 is 0. The number of hydrogen-bond donors (Lipinski definition) is 1. The number of nitrogens with zero attached hydrogens (tertiary/aromatic N) is 1. The number of aromatic nitrogens is 1. The largest absolute Gasteiger partial charge is 0.497 e. The molecule has 4 heteroatoms. The fraction of sp³-hybridized carbons (Fsp3) is 0.438. The lowest BCUT2D eigenvalue weighted by Gasteiger charge is -2.14. The van der Waals surface area contributed by atoms with Crippen LogP contribution in [0.5, 0.6) is 11.5 Å². The summed E-state index contributed by atoms with van der Waals surface area (Å²) in [7, 11) is 5.23. The average Bonchev–Trinajstić information content (AvgIpc) is 2.44. The summed E-state index contributed by atoms with van der Waals surface area (Å²) in [6.07, 6.45) is 0.944. The van der Waals surface area contributed by atoms with Gasteiger partial charge in [-0.05, 0) is 24.5 Å². The van der Waals surface area contributed by atoms with Gasteiger partial charge in [0, 0.05) is 29.9 Å². The first-order chi connectivity index (χ1) is 9.58. The molecule has 20 heavy (non-hydrogen) atoms. The van der Waals surface area contributed by atoms with Crippen molar-refractivity contribution in [3.05, 3.63) is 23.9 Å². The van der Waals surface area contributed by atoms with Crippen molar-refractivity contribution in [2.75, 3.05) is 26.6 Å². The Hall–Kier alpha value is -1.97. The fourth-order valence-corrected chi connectivity index (χ4v) is 2.33. The van der Waals surface area contributed by atoms with E-state index in [0.29, 0.717) is 5.92 Å². The zero-order valence-corrected chi connectivity index (χ0v) is 12.8. The molecule has 2 rings (SSSR count). The number of hydrogen-bond acceptors (Lipinski definition) is 4. The number of benzene rings is 1. The van der Waals surface area contributed by atoms with Gasteiger partial charge in [-0.3, -0.25) is 0 Å². The van der Waals surface area contributed by atoms with Gasteiger partial charge in [0.15, 0.2) is 0 Å². The van der Waals surface area contributed by atoms with Crippen LogP contribution in [0.4, 0.5) is 5.69 Å². The standard InChI is InChI=1S/C16H22N2O2/c1-10(2)6-11-7-14(17-3)13-8-12(19-4)9-15(20-5)16(13)18-11/h7-10H,6H2,1-5H3,(H,17,18). The number of fused-ring (bicyclic) bond motifs is 1. The first-order valence-electron chi connectivity index (χ1n) is 6.82. The van der Waals surface area contributed by atoms with E-state index < -0.39 is 0 Å². The van der Waals surface area contributed by atoms with E-state index in [9.17, 15) is 0 Å². The number of anilines is 1. The highest BCUT2D eigenvalue weighted by Gasteiger charge is 2.12. The molecule has 0 aliphatic rings. The summed E-state index contributed by atoms with van der Waals surface area (Å²) in [5.41, 5.74) is 2.99. The molecule has 0 aliphatic carbocycles. The van der Waals surface area contributed by atoms with Crippen LogP contribution >= 0.6 is 0 Å². The minimum Gasteiger partial charge on any atom is -0.497 e. The second-order valence-electron chi connectivity index (χ2n) is 5.23. The van der Waals surface area contributed by atoms with Gasteiger partial charge < -0.3 is 14.8 Å². The zero-order chi connectivity index (χ0) is 14.7. The van der Waals surface area contributed by atoms with Crippen LogP contribution in [0.25, 0.3) is 10.9 Å². The van der Waals surface area contributed by atoms with Crippen LogP contribution in [0.2, 0.25) is 0 Å². The highest BCUT2D eigenvalue weighted by molar-refractivity contribution is 5.96. The summed E-state index contributed by atoms with van der Waals surface area (Å²) in [6.45, 7) is 4.38. The van der Waals surface area contributed by atoms with Crippen molar-refractivity contribution in [2.45, 2.75) is 20.3 Å². The molecule has 0 saturated carbocycles. The summed E-state index contributed by atoms with van der Waals surface area (Å²) < 4.78 is 10.8. The third kappa shape index (κ3) is 2.79. The second-order valence-corrected chi connectivity index (χ2v) is 5.23. The van der Waals surface area contributed by atoms with E-state index in [1.807, 2.05) is 19.2 Å². The number of methoxy groups -OCH3 is 2.